The van der Waals surface area contributed by atoms with Crippen LogP contribution >= 0.6 is 0 Å². The quantitative estimate of drug-likeness (QED) is 0.850. The van der Waals surface area contributed by atoms with Gasteiger partial charge in [-0.05, 0) is 38.3 Å². The van der Waals surface area contributed by atoms with Gasteiger partial charge in [-0.1, -0.05) is 0 Å². The van der Waals surface area contributed by atoms with Crippen molar-refractivity contribution in [2.24, 2.45) is 5.73 Å². The summed E-state index contributed by atoms with van der Waals surface area (Å²) < 4.78 is 31.4. The van der Waals surface area contributed by atoms with Gasteiger partial charge < -0.3 is 15.4 Å². The minimum absolute atomic E-state index is 0.00571. The molecule has 6 heteroatoms. The fourth-order valence-corrected chi connectivity index (χ4v) is 2.72. The topological polar surface area (TPSA) is 55.6 Å². The lowest BCUT2D eigenvalue weighted by Crippen LogP contribution is -2.48. The Morgan fingerprint density at radius 2 is 2.23 bits per heavy atom. The van der Waals surface area contributed by atoms with Crippen molar-refractivity contribution < 1.29 is 18.3 Å². The van der Waals surface area contributed by atoms with E-state index in [4.69, 9.17) is 10.5 Å². The van der Waals surface area contributed by atoms with Gasteiger partial charge in [-0.25, -0.2) is 8.78 Å². The first-order valence-corrected chi connectivity index (χ1v) is 7.60. The Hall–Kier alpha value is -1.69. The molecule has 1 heterocycles. The molecular formula is C16H22F2N2O2. The van der Waals surface area contributed by atoms with Crippen molar-refractivity contribution in [1.82, 2.24) is 4.90 Å². The van der Waals surface area contributed by atoms with Crippen molar-refractivity contribution in [2.45, 2.75) is 44.7 Å². The summed E-state index contributed by atoms with van der Waals surface area (Å²) in [5.41, 5.74) is 5.88. The monoisotopic (exact) mass is 312 g/mol. The molecule has 0 radical (unpaired) electrons. The highest BCUT2D eigenvalue weighted by atomic mass is 19.1. The molecule has 0 saturated carbocycles. The molecule has 0 aliphatic carbocycles. The number of amides is 1. The number of likely N-dealkylation sites (tertiary alicyclic amines) is 1. The van der Waals surface area contributed by atoms with Crippen molar-refractivity contribution in [3.63, 3.8) is 0 Å². The Morgan fingerprint density at radius 1 is 1.45 bits per heavy atom. The summed E-state index contributed by atoms with van der Waals surface area (Å²) in [5.74, 6) is -1.30. The van der Waals surface area contributed by atoms with Gasteiger partial charge in [-0.3, -0.25) is 4.79 Å². The fraction of sp³-hybridized carbons (Fsp3) is 0.562. The van der Waals surface area contributed by atoms with Crippen LogP contribution in [0.3, 0.4) is 0 Å². The van der Waals surface area contributed by atoms with Crippen LogP contribution in [0.1, 0.15) is 32.6 Å². The molecule has 1 fully saturated rings. The number of benzene rings is 1. The molecule has 0 spiro atoms. The van der Waals surface area contributed by atoms with Crippen molar-refractivity contribution >= 4 is 5.91 Å². The first kappa shape index (κ1) is 16.7. The highest BCUT2D eigenvalue weighted by molar-refractivity contribution is 5.76. The number of carbonyl (C=O) groups excluding carboxylic acids is 1. The average Bonchev–Trinajstić information content (AvgIpc) is 2.45. The number of halogens is 2. The van der Waals surface area contributed by atoms with E-state index in [1.165, 1.54) is 6.07 Å². The minimum Gasteiger partial charge on any atom is -0.491 e. The number of rotatable bonds is 5. The standard InChI is InChI=1S/C16H22F2N2O2/c1-11-9-13(19)6-7-20(11)16(21)3-2-8-22-15-5-4-12(17)10-14(15)18/h4-5,10-11,13H,2-3,6-9,19H2,1H3/t11-,13-/m0/s1. The molecule has 1 aromatic carbocycles. The summed E-state index contributed by atoms with van der Waals surface area (Å²) in [5, 5.41) is 0. The van der Waals surface area contributed by atoms with Crippen molar-refractivity contribution in [3.05, 3.63) is 29.8 Å². The third-order valence-corrected chi connectivity index (χ3v) is 3.92. The molecule has 1 aliphatic rings. The molecule has 22 heavy (non-hydrogen) atoms. The molecule has 4 nitrogen and oxygen atoms in total. The first-order chi connectivity index (χ1) is 10.5. The van der Waals surface area contributed by atoms with Crippen LogP contribution < -0.4 is 10.5 Å². The maximum absolute atomic E-state index is 13.4. The smallest absolute Gasteiger partial charge is 0.222 e. The number of hydrogen-bond acceptors (Lipinski definition) is 3. The zero-order valence-electron chi connectivity index (χ0n) is 12.7. The number of nitrogens with zero attached hydrogens (tertiary/aromatic N) is 1. The van der Waals surface area contributed by atoms with Crippen LogP contribution in [0.15, 0.2) is 18.2 Å². The molecule has 0 unspecified atom stereocenters. The fourth-order valence-electron chi connectivity index (χ4n) is 2.72. The largest absolute Gasteiger partial charge is 0.491 e. The molecule has 2 atom stereocenters. The lowest BCUT2D eigenvalue weighted by atomic mass is 9.98. The molecule has 122 valence electrons. The SMILES string of the molecule is C[C@H]1C[C@@H](N)CCN1C(=O)CCCOc1ccc(F)cc1F. The zero-order chi connectivity index (χ0) is 16.1. The van der Waals surface area contributed by atoms with Gasteiger partial charge in [0.1, 0.15) is 5.82 Å². The van der Waals surface area contributed by atoms with Crippen LogP contribution in [0.25, 0.3) is 0 Å². The second-order valence-corrected chi connectivity index (χ2v) is 5.75. The molecule has 1 saturated heterocycles. The van der Waals surface area contributed by atoms with E-state index in [-0.39, 0.29) is 30.3 Å². The molecule has 0 aromatic heterocycles. The van der Waals surface area contributed by atoms with E-state index in [1.807, 2.05) is 11.8 Å². The number of ether oxygens (including phenoxy) is 1. The summed E-state index contributed by atoms with van der Waals surface area (Å²) in [6.07, 6.45) is 2.49. The Morgan fingerprint density at radius 3 is 2.91 bits per heavy atom. The molecule has 2 rings (SSSR count). The molecule has 1 aromatic rings. The normalized spacial score (nSPS) is 21.7. The number of carbonyl (C=O) groups is 1. The van der Waals surface area contributed by atoms with Crippen LogP contribution in [-0.4, -0.2) is 36.0 Å². The van der Waals surface area contributed by atoms with Gasteiger partial charge in [0.2, 0.25) is 5.91 Å². The van der Waals surface area contributed by atoms with Gasteiger partial charge in [0, 0.05) is 31.1 Å². The molecule has 2 N–H and O–H groups in total. The lowest BCUT2D eigenvalue weighted by Gasteiger charge is -2.36. The average molecular weight is 312 g/mol. The van der Waals surface area contributed by atoms with E-state index in [0.717, 1.165) is 25.0 Å². The van der Waals surface area contributed by atoms with Crippen LogP contribution in [0.2, 0.25) is 0 Å². The van der Waals surface area contributed by atoms with Gasteiger partial charge in [-0.15, -0.1) is 0 Å². The van der Waals surface area contributed by atoms with Crippen molar-refractivity contribution in [1.29, 1.82) is 0 Å². The van der Waals surface area contributed by atoms with Gasteiger partial charge in [0.05, 0.1) is 6.61 Å². The Labute approximate surface area is 129 Å². The third kappa shape index (κ3) is 4.40. The van der Waals surface area contributed by atoms with Crippen LogP contribution in [-0.2, 0) is 4.79 Å². The van der Waals surface area contributed by atoms with E-state index < -0.39 is 11.6 Å². The van der Waals surface area contributed by atoms with Crippen molar-refractivity contribution in [2.75, 3.05) is 13.2 Å². The molecule has 1 amide bonds. The highest BCUT2D eigenvalue weighted by Crippen LogP contribution is 2.19. The Kier molecular flexibility index (Phi) is 5.71. The second kappa shape index (κ2) is 7.54. The van der Waals surface area contributed by atoms with Crippen molar-refractivity contribution in [3.8, 4) is 5.75 Å². The maximum atomic E-state index is 13.4. The highest BCUT2D eigenvalue weighted by Gasteiger charge is 2.26. The summed E-state index contributed by atoms with van der Waals surface area (Å²) in [6, 6.07) is 3.50. The van der Waals surface area contributed by atoms with E-state index in [9.17, 15) is 13.6 Å². The lowest BCUT2D eigenvalue weighted by molar-refractivity contribution is -0.134. The predicted molar refractivity (Wildman–Crippen MR) is 79.5 cm³/mol. The van der Waals surface area contributed by atoms with Gasteiger partial charge >= 0.3 is 0 Å². The first-order valence-electron chi connectivity index (χ1n) is 7.60. The third-order valence-electron chi connectivity index (χ3n) is 3.92. The zero-order valence-corrected chi connectivity index (χ0v) is 12.7. The molecule has 0 bridgehead atoms. The van der Waals surface area contributed by atoms with E-state index >= 15 is 0 Å². The molecular weight excluding hydrogens is 290 g/mol. The number of nitrogens with two attached hydrogens (primary N) is 1. The summed E-state index contributed by atoms with van der Waals surface area (Å²) in [4.78, 5) is 14.0. The second-order valence-electron chi connectivity index (χ2n) is 5.75. The van der Waals surface area contributed by atoms with Gasteiger partial charge in [-0.2, -0.15) is 0 Å². The van der Waals surface area contributed by atoms with Crippen LogP contribution in [0.4, 0.5) is 8.78 Å². The van der Waals surface area contributed by atoms with Gasteiger partial charge in [0.15, 0.2) is 11.6 Å². The van der Waals surface area contributed by atoms with Crippen LogP contribution in [0, 0.1) is 11.6 Å². The summed E-state index contributed by atoms with van der Waals surface area (Å²) >= 11 is 0. The summed E-state index contributed by atoms with van der Waals surface area (Å²) in [6.45, 7) is 2.91. The molecule has 1 aliphatic heterocycles. The maximum Gasteiger partial charge on any atom is 0.222 e. The van der Waals surface area contributed by atoms with Crippen LogP contribution in [0.5, 0.6) is 5.75 Å². The predicted octanol–water partition coefficient (Wildman–Crippen LogP) is 2.46. The Bertz CT molecular complexity index is 525. The summed E-state index contributed by atoms with van der Waals surface area (Å²) in [7, 11) is 0. The number of hydrogen-bond donors (Lipinski definition) is 1. The Balaban J connectivity index is 1.73. The van der Waals surface area contributed by atoms with Gasteiger partial charge in [0.25, 0.3) is 0 Å². The minimum atomic E-state index is -0.732. The van der Waals surface area contributed by atoms with E-state index in [2.05, 4.69) is 0 Å². The van der Waals surface area contributed by atoms with E-state index in [1.54, 1.807) is 0 Å². The number of piperidine rings is 1. The van der Waals surface area contributed by atoms with E-state index in [0.29, 0.717) is 19.4 Å².